The van der Waals surface area contributed by atoms with Gasteiger partial charge in [0.05, 0.1) is 6.54 Å². The van der Waals surface area contributed by atoms with Crippen LogP contribution in [0.4, 0.5) is 5.82 Å². The molecule has 0 bridgehead atoms. The molecule has 0 amide bonds. The summed E-state index contributed by atoms with van der Waals surface area (Å²) in [5.41, 5.74) is 6.67. The van der Waals surface area contributed by atoms with E-state index in [1.165, 1.54) is 25.7 Å². The number of hydrogen-bond acceptors (Lipinski definition) is 4. The molecule has 1 aliphatic carbocycles. The number of rotatable bonds is 3. The van der Waals surface area contributed by atoms with E-state index >= 15 is 0 Å². The maximum absolute atomic E-state index is 5.72. The minimum atomic E-state index is 0.572. The Hall–Kier alpha value is -1.16. The van der Waals surface area contributed by atoms with E-state index < -0.39 is 0 Å². The van der Waals surface area contributed by atoms with Crippen molar-refractivity contribution < 1.29 is 0 Å². The highest BCUT2D eigenvalue weighted by atomic mass is 15.2. The minimum Gasteiger partial charge on any atom is -0.384 e. The summed E-state index contributed by atoms with van der Waals surface area (Å²) < 4.78 is 0. The molecule has 0 aromatic carbocycles. The Morgan fingerprint density at radius 2 is 2.06 bits per heavy atom. The molecule has 0 aliphatic heterocycles. The molecule has 1 fully saturated rings. The summed E-state index contributed by atoms with van der Waals surface area (Å²) in [6.45, 7) is 2.76. The first-order valence-corrected chi connectivity index (χ1v) is 5.95. The summed E-state index contributed by atoms with van der Waals surface area (Å²) in [6.07, 6.45) is 5.31. The fraction of sp³-hybridized carbons (Fsp3) is 0.667. The molecule has 1 aliphatic rings. The molecule has 1 aromatic rings. The number of aryl methyl sites for hydroxylation is 1. The second kappa shape index (κ2) is 4.78. The highest BCUT2D eigenvalue weighted by Crippen LogP contribution is 2.23. The predicted molar refractivity (Wildman–Crippen MR) is 64.9 cm³/mol. The van der Waals surface area contributed by atoms with Gasteiger partial charge >= 0.3 is 0 Å². The number of nitrogen functional groups attached to an aromatic ring is 1. The molecular weight excluding hydrogens is 200 g/mol. The van der Waals surface area contributed by atoms with Crippen molar-refractivity contribution >= 4 is 5.82 Å². The van der Waals surface area contributed by atoms with Crippen molar-refractivity contribution in [1.82, 2.24) is 14.9 Å². The van der Waals surface area contributed by atoms with Crippen molar-refractivity contribution in [2.75, 3.05) is 12.8 Å². The Bertz CT molecular complexity index is 338. The minimum absolute atomic E-state index is 0.572. The van der Waals surface area contributed by atoms with Crippen molar-refractivity contribution in [3.63, 3.8) is 0 Å². The Kier molecular flexibility index (Phi) is 3.39. The van der Waals surface area contributed by atoms with E-state index in [0.29, 0.717) is 11.9 Å². The van der Waals surface area contributed by atoms with Crippen molar-refractivity contribution in [2.45, 2.75) is 45.2 Å². The average molecular weight is 220 g/mol. The molecule has 1 aromatic heterocycles. The first-order chi connectivity index (χ1) is 7.65. The van der Waals surface area contributed by atoms with E-state index in [1.807, 2.05) is 6.92 Å². The Morgan fingerprint density at radius 3 is 2.69 bits per heavy atom. The van der Waals surface area contributed by atoms with Gasteiger partial charge in [-0.15, -0.1) is 0 Å². The van der Waals surface area contributed by atoms with Gasteiger partial charge in [0.15, 0.2) is 0 Å². The van der Waals surface area contributed by atoms with Crippen LogP contribution >= 0.6 is 0 Å². The molecule has 0 unspecified atom stereocenters. The predicted octanol–water partition coefficient (Wildman–Crippen LogP) is 1.74. The first-order valence-electron chi connectivity index (χ1n) is 5.95. The monoisotopic (exact) mass is 220 g/mol. The molecule has 1 heterocycles. The zero-order chi connectivity index (χ0) is 11.5. The summed E-state index contributed by atoms with van der Waals surface area (Å²) in [4.78, 5) is 11.0. The topological polar surface area (TPSA) is 55.0 Å². The van der Waals surface area contributed by atoms with Crippen molar-refractivity contribution in [3.05, 3.63) is 17.6 Å². The van der Waals surface area contributed by atoms with Gasteiger partial charge in [0, 0.05) is 17.8 Å². The molecule has 0 radical (unpaired) electrons. The lowest BCUT2D eigenvalue weighted by Gasteiger charge is -2.23. The van der Waals surface area contributed by atoms with E-state index in [1.54, 1.807) is 6.07 Å². The average Bonchev–Trinajstić information content (AvgIpc) is 2.68. The van der Waals surface area contributed by atoms with Gasteiger partial charge in [0.1, 0.15) is 11.6 Å². The van der Waals surface area contributed by atoms with Gasteiger partial charge < -0.3 is 5.73 Å². The fourth-order valence-electron chi connectivity index (χ4n) is 2.42. The molecule has 0 spiro atoms. The highest BCUT2D eigenvalue weighted by molar-refractivity contribution is 5.29. The largest absolute Gasteiger partial charge is 0.384 e. The molecule has 4 nitrogen and oxygen atoms in total. The summed E-state index contributed by atoms with van der Waals surface area (Å²) in [7, 11) is 2.15. The van der Waals surface area contributed by atoms with Crippen molar-refractivity contribution in [2.24, 2.45) is 0 Å². The number of nitrogens with zero attached hydrogens (tertiary/aromatic N) is 3. The third-order valence-corrected chi connectivity index (χ3v) is 3.26. The van der Waals surface area contributed by atoms with Crippen molar-refractivity contribution in [1.29, 1.82) is 0 Å². The van der Waals surface area contributed by atoms with Crippen LogP contribution in [0.25, 0.3) is 0 Å². The second-order valence-corrected chi connectivity index (χ2v) is 4.70. The summed E-state index contributed by atoms with van der Waals surface area (Å²) >= 11 is 0. The second-order valence-electron chi connectivity index (χ2n) is 4.70. The third-order valence-electron chi connectivity index (χ3n) is 3.26. The molecule has 0 saturated heterocycles. The van der Waals surface area contributed by atoms with E-state index in [2.05, 4.69) is 21.9 Å². The molecule has 4 heteroatoms. The van der Waals surface area contributed by atoms with Gasteiger partial charge in [-0.25, -0.2) is 9.97 Å². The standard InChI is InChI=1S/C12H20N4/c1-9-7-11(13)15-12(14-9)8-16(2)10-5-3-4-6-10/h7,10H,3-6,8H2,1-2H3,(H2,13,14,15). The van der Waals surface area contributed by atoms with Crippen LogP contribution in [0.15, 0.2) is 6.07 Å². The maximum Gasteiger partial charge on any atom is 0.144 e. The quantitative estimate of drug-likeness (QED) is 0.843. The third kappa shape index (κ3) is 2.70. The number of anilines is 1. The Balaban J connectivity index is 2.02. The van der Waals surface area contributed by atoms with E-state index in [0.717, 1.165) is 18.1 Å². The van der Waals surface area contributed by atoms with Crippen LogP contribution in [0.3, 0.4) is 0 Å². The van der Waals surface area contributed by atoms with Gasteiger partial charge in [-0.2, -0.15) is 0 Å². The Morgan fingerprint density at radius 1 is 1.38 bits per heavy atom. The van der Waals surface area contributed by atoms with Crippen LogP contribution in [0, 0.1) is 6.92 Å². The van der Waals surface area contributed by atoms with Gasteiger partial charge in [0.2, 0.25) is 0 Å². The zero-order valence-electron chi connectivity index (χ0n) is 10.1. The first kappa shape index (κ1) is 11.3. The summed E-state index contributed by atoms with van der Waals surface area (Å²) in [5, 5.41) is 0. The molecule has 88 valence electrons. The molecule has 1 saturated carbocycles. The van der Waals surface area contributed by atoms with Crippen LogP contribution in [0.1, 0.15) is 37.2 Å². The van der Waals surface area contributed by atoms with Gasteiger partial charge in [0.25, 0.3) is 0 Å². The number of hydrogen-bond donors (Lipinski definition) is 1. The SMILES string of the molecule is Cc1cc(N)nc(CN(C)C2CCCC2)n1. The summed E-state index contributed by atoms with van der Waals surface area (Å²) in [5.74, 6) is 1.41. The van der Waals surface area contributed by atoms with Crippen molar-refractivity contribution in [3.8, 4) is 0 Å². The van der Waals surface area contributed by atoms with Gasteiger partial charge in [-0.3, -0.25) is 4.90 Å². The van der Waals surface area contributed by atoms with E-state index in [9.17, 15) is 0 Å². The number of nitrogens with two attached hydrogens (primary N) is 1. The molecule has 0 atom stereocenters. The van der Waals surface area contributed by atoms with Gasteiger partial charge in [-0.05, 0) is 26.8 Å². The lowest BCUT2D eigenvalue weighted by Crippen LogP contribution is -2.29. The van der Waals surface area contributed by atoms with Crippen LogP contribution in [-0.2, 0) is 6.54 Å². The summed E-state index contributed by atoms with van der Waals surface area (Å²) in [6, 6.07) is 2.50. The fourth-order valence-corrected chi connectivity index (χ4v) is 2.42. The normalized spacial score (nSPS) is 17.2. The number of aromatic nitrogens is 2. The van der Waals surface area contributed by atoms with Crippen LogP contribution < -0.4 is 5.73 Å². The molecule has 2 N–H and O–H groups in total. The molecular formula is C12H20N4. The Labute approximate surface area is 96.9 Å². The lowest BCUT2D eigenvalue weighted by atomic mass is 10.2. The highest BCUT2D eigenvalue weighted by Gasteiger charge is 2.20. The van der Waals surface area contributed by atoms with E-state index in [-0.39, 0.29) is 0 Å². The van der Waals surface area contributed by atoms with E-state index in [4.69, 9.17) is 5.73 Å². The molecule has 16 heavy (non-hydrogen) atoms. The van der Waals surface area contributed by atoms with Crippen LogP contribution in [0.2, 0.25) is 0 Å². The molecule has 2 rings (SSSR count). The maximum atomic E-state index is 5.72. The smallest absolute Gasteiger partial charge is 0.144 e. The lowest BCUT2D eigenvalue weighted by molar-refractivity contribution is 0.232. The van der Waals surface area contributed by atoms with Gasteiger partial charge in [-0.1, -0.05) is 12.8 Å². The van der Waals surface area contributed by atoms with Crippen LogP contribution in [0.5, 0.6) is 0 Å². The zero-order valence-corrected chi connectivity index (χ0v) is 10.1. The van der Waals surface area contributed by atoms with Crippen LogP contribution in [-0.4, -0.2) is 28.0 Å².